The van der Waals surface area contributed by atoms with Crippen LogP contribution < -0.4 is 0 Å². The highest BCUT2D eigenvalue weighted by molar-refractivity contribution is 4.96. The summed E-state index contributed by atoms with van der Waals surface area (Å²) in [5.74, 6) is 0. The second kappa shape index (κ2) is 19.3. The molecule has 0 amide bonds. The van der Waals surface area contributed by atoms with Crippen LogP contribution in [0.15, 0.2) is 12.4 Å². The quantitative estimate of drug-likeness (QED) is 0.176. The second-order valence-corrected chi connectivity index (χ2v) is 9.32. The Balaban J connectivity index is 2.00. The standard InChI is InChI=1S/C27H54N2/c1-4-7-9-11-13-15-16-18-20-22-24-29-26-25-28(27(29)6-3)23-21-19-17-14-12-10-8-5-2/h25-27H,4-24H2,1-3H3. The second-order valence-electron chi connectivity index (χ2n) is 9.32. The fourth-order valence-electron chi connectivity index (χ4n) is 4.69. The van der Waals surface area contributed by atoms with Gasteiger partial charge in [0.15, 0.2) is 0 Å². The van der Waals surface area contributed by atoms with Gasteiger partial charge in [0.05, 0.1) is 0 Å². The molecule has 2 heteroatoms. The van der Waals surface area contributed by atoms with Gasteiger partial charge in [0.2, 0.25) is 0 Å². The van der Waals surface area contributed by atoms with E-state index in [0.29, 0.717) is 6.17 Å². The van der Waals surface area contributed by atoms with Crippen LogP contribution >= 0.6 is 0 Å². The lowest BCUT2D eigenvalue weighted by atomic mass is 10.1. The van der Waals surface area contributed by atoms with E-state index in [4.69, 9.17) is 0 Å². The van der Waals surface area contributed by atoms with Crippen LogP contribution in [0, 0.1) is 0 Å². The first kappa shape index (κ1) is 26.4. The van der Waals surface area contributed by atoms with E-state index in [0.717, 1.165) is 0 Å². The van der Waals surface area contributed by atoms with Crippen molar-refractivity contribution in [2.45, 2.75) is 149 Å². The van der Waals surface area contributed by atoms with Gasteiger partial charge in [-0.2, -0.15) is 0 Å². The molecule has 0 N–H and O–H groups in total. The zero-order chi connectivity index (χ0) is 21.0. The van der Waals surface area contributed by atoms with E-state index < -0.39 is 0 Å². The van der Waals surface area contributed by atoms with E-state index in [-0.39, 0.29) is 0 Å². The molecule has 1 aliphatic rings. The van der Waals surface area contributed by atoms with E-state index in [1.54, 1.807) is 0 Å². The number of nitrogens with zero attached hydrogens (tertiary/aromatic N) is 2. The predicted molar refractivity (Wildman–Crippen MR) is 131 cm³/mol. The van der Waals surface area contributed by atoms with Crippen LogP contribution in [-0.2, 0) is 0 Å². The third-order valence-electron chi connectivity index (χ3n) is 6.62. The van der Waals surface area contributed by atoms with Gasteiger partial charge in [0.25, 0.3) is 0 Å². The lowest BCUT2D eigenvalue weighted by Crippen LogP contribution is -2.38. The molecule has 172 valence electrons. The largest absolute Gasteiger partial charge is 0.356 e. The third-order valence-corrected chi connectivity index (χ3v) is 6.62. The van der Waals surface area contributed by atoms with Gasteiger partial charge >= 0.3 is 0 Å². The maximum absolute atomic E-state index is 2.61. The molecule has 0 bridgehead atoms. The Morgan fingerprint density at radius 1 is 0.448 bits per heavy atom. The Morgan fingerprint density at radius 2 is 0.759 bits per heavy atom. The number of hydrogen-bond donors (Lipinski definition) is 0. The number of hydrogen-bond acceptors (Lipinski definition) is 2. The molecule has 0 aromatic heterocycles. The monoisotopic (exact) mass is 406 g/mol. The highest BCUT2D eigenvalue weighted by Crippen LogP contribution is 2.21. The summed E-state index contributed by atoms with van der Waals surface area (Å²) in [5.41, 5.74) is 0. The van der Waals surface area contributed by atoms with Gasteiger partial charge in [0.1, 0.15) is 6.17 Å². The Hall–Kier alpha value is -0.660. The topological polar surface area (TPSA) is 6.48 Å². The Bertz CT molecular complexity index is 366. The molecule has 2 nitrogen and oxygen atoms in total. The van der Waals surface area contributed by atoms with E-state index in [1.807, 2.05) is 0 Å². The lowest BCUT2D eigenvalue weighted by Gasteiger charge is -2.32. The average molecular weight is 407 g/mol. The maximum Gasteiger partial charge on any atom is 0.100 e. The van der Waals surface area contributed by atoms with Crippen molar-refractivity contribution < 1.29 is 0 Å². The molecule has 0 aliphatic carbocycles. The van der Waals surface area contributed by atoms with Crippen LogP contribution in [0.4, 0.5) is 0 Å². The zero-order valence-electron chi connectivity index (χ0n) is 20.5. The van der Waals surface area contributed by atoms with Crippen LogP contribution in [0.1, 0.15) is 143 Å². The fourth-order valence-corrected chi connectivity index (χ4v) is 4.69. The molecule has 1 heterocycles. The summed E-state index contributed by atoms with van der Waals surface area (Å²) < 4.78 is 0. The fraction of sp³-hybridized carbons (Fsp3) is 0.926. The van der Waals surface area contributed by atoms with Gasteiger partial charge in [0, 0.05) is 25.5 Å². The van der Waals surface area contributed by atoms with Crippen LogP contribution in [0.2, 0.25) is 0 Å². The van der Waals surface area contributed by atoms with Gasteiger partial charge in [-0.25, -0.2) is 0 Å². The van der Waals surface area contributed by atoms with Gasteiger partial charge in [-0.1, -0.05) is 124 Å². The average Bonchev–Trinajstić information content (AvgIpc) is 3.13. The normalized spacial score (nSPS) is 16.3. The van der Waals surface area contributed by atoms with E-state index in [2.05, 4.69) is 43.0 Å². The molecule has 0 aromatic rings. The van der Waals surface area contributed by atoms with Crippen molar-refractivity contribution in [2.75, 3.05) is 13.1 Å². The smallest absolute Gasteiger partial charge is 0.100 e. The van der Waals surface area contributed by atoms with Crippen molar-refractivity contribution in [1.82, 2.24) is 9.80 Å². The van der Waals surface area contributed by atoms with Crippen molar-refractivity contribution in [3.63, 3.8) is 0 Å². The first-order valence-corrected chi connectivity index (χ1v) is 13.5. The van der Waals surface area contributed by atoms with Crippen molar-refractivity contribution in [3.05, 3.63) is 12.4 Å². The molecule has 0 saturated heterocycles. The number of unbranched alkanes of at least 4 members (excludes halogenated alkanes) is 16. The van der Waals surface area contributed by atoms with E-state index >= 15 is 0 Å². The van der Waals surface area contributed by atoms with Crippen LogP contribution in [0.3, 0.4) is 0 Å². The Labute approximate surface area is 184 Å². The molecule has 0 spiro atoms. The van der Waals surface area contributed by atoms with Gasteiger partial charge < -0.3 is 9.80 Å². The molecule has 1 unspecified atom stereocenters. The minimum atomic E-state index is 0.623. The maximum atomic E-state index is 2.61. The Kier molecular flexibility index (Phi) is 17.6. The SMILES string of the molecule is CCCCCCCCCCCCN1C=CN(CCCCCCCCCC)C1CC. The highest BCUT2D eigenvalue weighted by atomic mass is 15.4. The highest BCUT2D eigenvalue weighted by Gasteiger charge is 2.23. The van der Waals surface area contributed by atoms with Crippen molar-refractivity contribution in [3.8, 4) is 0 Å². The molecule has 0 aromatic carbocycles. The lowest BCUT2D eigenvalue weighted by molar-refractivity contribution is 0.144. The van der Waals surface area contributed by atoms with Gasteiger partial charge in [-0.05, 0) is 19.3 Å². The summed E-state index contributed by atoms with van der Waals surface area (Å²) in [6, 6.07) is 0. The molecule has 29 heavy (non-hydrogen) atoms. The van der Waals surface area contributed by atoms with E-state index in [1.165, 1.54) is 135 Å². The van der Waals surface area contributed by atoms with Crippen LogP contribution in [-0.4, -0.2) is 29.1 Å². The molecule has 0 radical (unpaired) electrons. The molecular weight excluding hydrogens is 352 g/mol. The van der Waals surface area contributed by atoms with E-state index in [9.17, 15) is 0 Å². The van der Waals surface area contributed by atoms with Gasteiger partial charge in [-0.3, -0.25) is 0 Å². The van der Waals surface area contributed by atoms with Crippen molar-refractivity contribution >= 4 is 0 Å². The molecular formula is C27H54N2. The van der Waals surface area contributed by atoms with Gasteiger partial charge in [-0.15, -0.1) is 0 Å². The van der Waals surface area contributed by atoms with Crippen molar-refractivity contribution in [2.24, 2.45) is 0 Å². The molecule has 1 aliphatic heterocycles. The molecule has 0 saturated carbocycles. The number of rotatable bonds is 21. The predicted octanol–water partition coefficient (Wildman–Crippen LogP) is 8.87. The summed E-state index contributed by atoms with van der Waals surface area (Å²) in [5, 5.41) is 0. The summed E-state index contributed by atoms with van der Waals surface area (Å²) in [4.78, 5) is 5.21. The first-order chi connectivity index (χ1) is 14.3. The summed E-state index contributed by atoms with van der Waals surface area (Å²) in [6.45, 7) is 9.45. The summed E-state index contributed by atoms with van der Waals surface area (Å²) >= 11 is 0. The summed E-state index contributed by atoms with van der Waals surface area (Å²) in [6.07, 6.45) is 32.2. The Morgan fingerprint density at radius 3 is 1.07 bits per heavy atom. The molecule has 1 atom stereocenters. The minimum absolute atomic E-state index is 0.623. The van der Waals surface area contributed by atoms with Crippen molar-refractivity contribution in [1.29, 1.82) is 0 Å². The van der Waals surface area contributed by atoms with Crippen LogP contribution in [0.5, 0.6) is 0 Å². The third kappa shape index (κ3) is 13.3. The molecule has 0 fully saturated rings. The summed E-state index contributed by atoms with van der Waals surface area (Å²) in [7, 11) is 0. The molecule has 1 rings (SSSR count). The minimum Gasteiger partial charge on any atom is -0.356 e. The first-order valence-electron chi connectivity index (χ1n) is 13.5. The van der Waals surface area contributed by atoms with Crippen LogP contribution in [0.25, 0.3) is 0 Å². The zero-order valence-corrected chi connectivity index (χ0v) is 20.5.